The molecule has 0 aromatic heterocycles. The Hall–Kier alpha value is -0.440. The summed E-state index contributed by atoms with van der Waals surface area (Å²) in [5.41, 5.74) is 0. The van der Waals surface area contributed by atoms with Crippen molar-refractivity contribution in [1.29, 1.82) is 0 Å². The van der Waals surface area contributed by atoms with Gasteiger partial charge < -0.3 is 52.1 Å². The zero-order valence-corrected chi connectivity index (χ0v) is 40.4. The summed E-state index contributed by atoms with van der Waals surface area (Å²) in [6, 6.07) is 0. The highest BCUT2D eigenvalue weighted by molar-refractivity contribution is 4.51. The van der Waals surface area contributed by atoms with Gasteiger partial charge in [0.15, 0.2) is 0 Å². The van der Waals surface area contributed by atoms with Gasteiger partial charge in [-0.25, -0.2) is 0 Å². The third-order valence-corrected chi connectivity index (χ3v) is 10.5. The maximum absolute atomic E-state index is 5.71. The molecule has 0 N–H and O–H groups in total. The highest BCUT2D eigenvalue weighted by Crippen LogP contribution is 2.14. The minimum Gasteiger partial charge on any atom is -0.379 e. The number of hydrogen-bond donors (Lipinski definition) is 0. The molecular weight excluding hydrogens is 777 g/mol. The van der Waals surface area contributed by atoms with Crippen molar-refractivity contribution >= 4 is 0 Å². The van der Waals surface area contributed by atoms with Gasteiger partial charge in [-0.3, -0.25) is 0 Å². The summed E-state index contributed by atoms with van der Waals surface area (Å²) in [5.74, 6) is 0. The van der Waals surface area contributed by atoms with Crippen molar-refractivity contribution in [3.63, 3.8) is 0 Å². The van der Waals surface area contributed by atoms with Crippen LogP contribution in [-0.4, -0.2) is 145 Å². The SMILES string of the molecule is CCCCCCCCCCCCCCCCCCOCCOCCOCCOCCOCCOCCOCCOCCOCCOCCOCCCCCCCCCCCC. The first kappa shape index (κ1) is 60.6. The fourth-order valence-electron chi connectivity index (χ4n) is 6.74. The van der Waals surface area contributed by atoms with Crippen LogP contribution in [0.5, 0.6) is 0 Å². The summed E-state index contributed by atoms with van der Waals surface area (Å²) in [5, 5.41) is 0. The van der Waals surface area contributed by atoms with Gasteiger partial charge in [0.2, 0.25) is 0 Å². The van der Waals surface area contributed by atoms with Crippen LogP contribution in [0.4, 0.5) is 0 Å². The van der Waals surface area contributed by atoms with Crippen molar-refractivity contribution in [1.82, 2.24) is 0 Å². The molecule has 0 aromatic carbocycles. The minimum absolute atomic E-state index is 0.529. The van der Waals surface area contributed by atoms with Crippen molar-refractivity contribution in [3.05, 3.63) is 0 Å². The lowest BCUT2D eigenvalue weighted by molar-refractivity contribution is -0.0275. The molecule has 0 aromatic rings. The normalized spacial score (nSPS) is 11.7. The van der Waals surface area contributed by atoms with Gasteiger partial charge in [0.1, 0.15) is 0 Å². The third kappa shape index (κ3) is 59.6. The van der Waals surface area contributed by atoms with Gasteiger partial charge in [-0.2, -0.15) is 0 Å². The van der Waals surface area contributed by atoms with Crippen molar-refractivity contribution in [3.8, 4) is 0 Å². The van der Waals surface area contributed by atoms with Gasteiger partial charge in [-0.05, 0) is 12.8 Å². The van der Waals surface area contributed by atoms with Crippen LogP contribution in [0.2, 0.25) is 0 Å². The van der Waals surface area contributed by atoms with E-state index >= 15 is 0 Å². The Kier molecular flexibility index (Phi) is 59.1. The highest BCUT2D eigenvalue weighted by atomic mass is 16.6. The van der Waals surface area contributed by atoms with E-state index in [1.165, 1.54) is 154 Å². The molecule has 11 heteroatoms. The number of ether oxygens (including phenoxy) is 11. The van der Waals surface area contributed by atoms with E-state index in [4.69, 9.17) is 52.1 Å². The first-order valence-corrected chi connectivity index (χ1v) is 25.8. The molecule has 0 aliphatic rings. The van der Waals surface area contributed by atoms with E-state index in [2.05, 4.69) is 13.8 Å². The molecule has 0 amide bonds. The summed E-state index contributed by atoms with van der Waals surface area (Å²) in [6.07, 6.45) is 35.7. The highest BCUT2D eigenvalue weighted by Gasteiger charge is 1.99. The van der Waals surface area contributed by atoms with Crippen LogP contribution in [0.25, 0.3) is 0 Å². The lowest BCUT2D eigenvalue weighted by Crippen LogP contribution is -2.15. The van der Waals surface area contributed by atoms with Crippen LogP contribution in [0, 0.1) is 0 Å². The second kappa shape index (κ2) is 59.6. The van der Waals surface area contributed by atoms with E-state index in [1.54, 1.807) is 0 Å². The van der Waals surface area contributed by atoms with Gasteiger partial charge in [0.05, 0.1) is 132 Å². The Morgan fingerprint density at radius 2 is 0.246 bits per heavy atom. The van der Waals surface area contributed by atoms with Crippen LogP contribution >= 0.6 is 0 Å². The molecule has 0 radical (unpaired) electrons. The van der Waals surface area contributed by atoms with Gasteiger partial charge in [-0.1, -0.05) is 168 Å². The first-order valence-electron chi connectivity index (χ1n) is 25.8. The summed E-state index contributed by atoms with van der Waals surface area (Å²) < 4.78 is 61.4. The molecule has 0 atom stereocenters. The maximum atomic E-state index is 5.71. The number of unbranched alkanes of at least 4 members (excludes halogenated alkanes) is 24. The molecular formula is C50H102O11. The molecule has 0 spiro atoms. The fourth-order valence-corrected chi connectivity index (χ4v) is 6.74. The molecule has 0 unspecified atom stereocenters. The number of hydrogen-bond acceptors (Lipinski definition) is 11. The van der Waals surface area contributed by atoms with Gasteiger partial charge in [-0.15, -0.1) is 0 Å². The average molecular weight is 879 g/mol. The van der Waals surface area contributed by atoms with E-state index in [9.17, 15) is 0 Å². The molecule has 0 aliphatic carbocycles. The van der Waals surface area contributed by atoms with Crippen LogP contribution in [0.3, 0.4) is 0 Å². The molecule has 0 rings (SSSR count). The van der Waals surface area contributed by atoms with Crippen LogP contribution in [-0.2, 0) is 52.1 Å². The molecule has 11 nitrogen and oxygen atoms in total. The van der Waals surface area contributed by atoms with Gasteiger partial charge in [0, 0.05) is 13.2 Å². The minimum atomic E-state index is 0.529. The Labute approximate surface area is 377 Å². The predicted molar refractivity (Wildman–Crippen MR) is 250 cm³/mol. The molecule has 0 fully saturated rings. The smallest absolute Gasteiger partial charge is 0.0701 e. The van der Waals surface area contributed by atoms with Crippen molar-refractivity contribution in [2.45, 2.75) is 181 Å². The van der Waals surface area contributed by atoms with Crippen molar-refractivity contribution in [2.75, 3.05) is 145 Å². The zero-order valence-electron chi connectivity index (χ0n) is 40.4. The molecule has 368 valence electrons. The first-order chi connectivity index (χ1) is 30.4. The topological polar surface area (TPSA) is 102 Å². The Balaban J connectivity index is 3.06. The lowest BCUT2D eigenvalue weighted by Gasteiger charge is -2.09. The monoisotopic (exact) mass is 879 g/mol. The van der Waals surface area contributed by atoms with E-state index in [0.29, 0.717) is 132 Å². The van der Waals surface area contributed by atoms with Crippen molar-refractivity contribution < 1.29 is 52.1 Å². The molecule has 0 saturated heterocycles. The van der Waals surface area contributed by atoms with E-state index in [0.717, 1.165) is 26.1 Å². The second-order valence-corrected chi connectivity index (χ2v) is 16.2. The van der Waals surface area contributed by atoms with Gasteiger partial charge >= 0.3 is 0 Å². The molecule has 61 heavy (non-hydrogen) atoms. The summed E-state index contributed by atoms with van der Waals surface area (Å²) in [7, 11) is 0. The molecule has 0 saturated carbocycles. The maximum Gasteiger partial charge on any atom is 0.0701 e. The van der Waals surface area contributed by atoms with Gasteiger partial charge in [0.25, 0.3) is 0 Å². The van der Waals surface area contributed by atoms with Crippen LogP contribution in [0.15, 0.2) is 0 Å². The molecule has 0 aliphatic heterocycles. The third-order valence-electron chi connectivity index (χ3n) is 10.5. The van der Waals surface area contributed by atoms with Crippen LogP contribution < -0.4 is 0 Å². The largest absolute Gasteiger partial charge is 0.379 e. The zero-order chi connectivity index (χ0) is 43.7. The average Bonchev–Trinajstić information content (AvgIpc) is 3.27. The molecule has 0 heterocycles. The fraction of sp³-hybridized carbons (Fsp3) is 1.00. The Morgan fingerprint density at radius 1 is 0.131 bits per heavy atom. The van der Waals surface area contributed by atoms with Crippen molar-refractivity contribution in [2.24, 2.45) is 0 Å². The Bertz CT molecular complexity index is 678. The Morgan fingerprint density at radius 3 is 0.393 bits per heavy atom. The second-order valence-electron chi connectivity index (χ2n) is 16.2. The number of rotatable bonds is 58. The van der Waals surface area contributed by atoms with E-state index < -0.39 is 0 Å². The van der Waals surface area contributed by atoms with E-state index in [1.807, 2.05) is 0 Å². The summed E-state index contributed by atoms with van der Waals surface area (Å²) in [4.78, 5) is 0. The van der Waals surface area contributed by atoms with E-state index in [-0.39, 0.29) is 0 Å². The lowest BCUT2D eigenvalue weighted by atomic mass is 10.0. The predicted octanol–water partition coefficient (Wildman–Crippen LogP) is 11.4. The van der Waals surface area contributed by atoms with Crippen LogP contribution in [0.1, 0.15) is 181 Å². The summed E-state index contributed by atoms with van der Waals surface area (Å²) >= 11 is 0. The molecule has 0 bridgehead atoms. The quantitative estimate of drug-likeness (QED) is 0.0546. The standard InChI is InChI=1S/C50H102O11/c1-3-5-7-9-11-13-15-16-17-18-19-20-22-24-26-28-30-52-32-34-54-36-38-56-40-42-58-44-46-60-48-50-61-49-47-59-45-43-57-41-39-55-37-35-53-33-31-51-29-27-25-23-21-14-12-10-8-6-4-2/h3-50H2,1-2H3. The summed E-state index contributed by atoms with van der Waals surface area (Å²) in [6.45, 7) is 17.5.